The van der Waals surface area contributed by atoms with Gasteiger partial charge >= 0.3 is 0 Å². The standard InChI is InChI=1S/C14H12ClN3O/c15-13-3-1-2-12(18-13)14(19)17-10-4-5-11-9(8-10)6-7-16-11/h1-5,8,16H,6-7H2,(H,17,19). The number of carbonyl (C=O) groups excluding carboxylic acids is 1. The van der Waals surface area contributed by atoms with Gasteiger partial charge in [-0.05, 0) is 42.3 Å². The molecule has 0 atom stereocenters. The lowest BCUT2D eigenvalue weighted by molar-refractivity contribution is 0.102. The van der Waals surface area contributed by atoms with Crippen LogP contribution in [0.3, 0.4) is 0 Å². The number of nitrogens with zero attached hydrogens (tertiary/aromatic N) is 1. The van der Waals surface area contributed by atoms with Crippen LogP contribution >= 0.6 is 11.6 Å². The monoisotopic (exact) mass is 273 g/mol. The molecule has 2 aromatic rings. The molecule has 4 nitrogen and oxygen atoms in total. The van der Waals surface area contributed by atoms with Crippen molar-refractivity contribution in [3.05, 3.63) is 52.8 Å². The molecule has 19 heavy (non-hydrogen) atoms. The largest absolute Gasteiger partial charge is 0.384 e. The van der Waals surface area contributed by atoms with Gasteiger partial charge in [-0.2, -0.15) is 0 Å². The van der Waals surface area contributed by atoms with Crippen molar-refractivity contribution in [3.8, 4) is 0 Å². The molecule has 0 aliphatic carbocycles. The summed E-state index contributed by atoms with van der Waals surface area (Å²) >= 11 is 5.77. The summed E-state index contributed by atoms with van der Waals surface area (Å²) in [5, 5.41) is 6.42. The molecule has 0 spiro atoms. The number of pyridine rings is 1. The molecule has 0 saturated heterocycles. The van der Waals surface area contributed by atoms with Crippen molar-refractivity contribution in [2.45, 2.75) is 6.42 Å². The molecule has 1 amide bonds. The third kappa shape index (κ3) is 2.53. The van der Waals surface area contributed by atoms with Crippen molar-refractivity contribution >= 4 is 28.9 Å². The summed E-state index contributed by atoms with van der Waals surface area (Å²) < 4.78 is 0. The van der Waals surface area contributed by atoms with Gasteiger partial charge in [-0.3, -0.25) is 4.79 Å². The van der Waals surface area contributed by atoms with Crippen LogP contribution in [-0.4, -0.2) is 17.4 Å². The fourth-order valence-electron chi connectivity index (χ4n) is 2.11. The van der Waals surface area contributed by atoms with E-state index in [1.165, 1.54) is 5.56 Å². The van der Waals surface area contributed by atoms with E-state index in [0.29, 0.717) is 10.8 Å². The van der Waals surface area contributed by atoms with Crippen LogP contribution in [0.25, 0.3) is 0 Å². The van der Waals surface area contributed by atoms with E-state index in [9.17, 15) is 4.79 Å². The second-order valence-corrected chi connectivity index (χ2v) is 4.74. The van der Waals surface area contributed by atoms with Gasteiger partial charge in [0.25, 0.3) is 5.91 Å². The zero-order valence-electron chi connectivity index (χ0n) is 10.1. The van der Waals surface area contributed by atoms with Crippen molar-refractivity contribution in [2.24, 2.45) is 0 Å². The van der Waals surface area contributed by atoms with Crippen LogP contribution in [0.5, 0.6) is 0 Å². The highest BCUT2D eigenvalue weighted by molar-refractivity contribution is 6.29. The minimum absolute atomic E-state index is 0.256. The highest BCUT2D eigenvalue weighted by atomic mass is 35.5. The number of carbonyl (C=O) groups is 1. The van der Waals surface area contributed by atoms with E-state index in [-0.39, 0.29) is 5.91 Å². The number of rotatable bonds is 2. The molecule has 96 valence electrons. The molecule has 3 rings (SSSR count). The van der Waals surface area contributed by atoms with Crippen molar-refractivity contribution in [2.75, 3.05) is 17.2 Å². The van der Waals surface area contributed by atoms with E-state index in [1.54, 1.807) is 18.2 Å². The Morgan fingerprint density at radius 2 is 2.21 bits per heavy atom. The predicted molar refractivity (Wildman–Crippen MR) is 75.8 cm³/mol. The quantitative estimate of drug-likeness (QED) is 0.827. The molecule has 1 aromatic heterocycles. The molecule has 1 aliphatic heterocycles. The van der Waals surface area contributed by atoms with Crippen LogP contribution in [0.4, 0.5) is 11.4 Å². The van der Waals surface area contributed by atoms with Crippen LogP contribution in [-0.2, 0) is 6.42 Å². The highest BCUT2D eigenvalue weighted by Gasteiger charge is 2.12. The fraction of sp³-hybridized carbons (Fsp3) is 0.143. The average molecular weight is 274 g/mol. The molecule has 2 heterocycles. The number of aromatic nitrogens is 1. The molecule has 0 bridgehead atoms. The Morgan fingerprint density at radius 1 is 1.32 bits per heavy atom. The second kappa shape index (κ2) is 4.90. The van der Waals surface area contributed by atoms with E-state index in [0.717, 1.165) is 24.3 Å². The predicted octanol–water partition coefficient (Wildman–Crippen LogP) is 2.96. The number of anilines is 2. The summed E-state index contributed by atoms with van der Waals surface area (Å²) in [6.07, 6.45) is 0.981. The van der Waals surface area contributed by atoms with Crippen LogP contribution in [0.15, 0.2) is 36.4 Å². The maximum atomic E-state index is 12.0. The molecular formula is C14H12ClN3O. The Morgan fingerprint density at radius 3 is 3.05 bits per heavy atom. The van der Waals surface area contributed by atoms with Crippen LogP contribution in [0.2, 0.25) is 5.15 Å². The van der Waals surface area contributed by atoms with Crippen molar-refractivity contribution in [1.82, 2.24) is 4.98 Å². The van der Waals surface area contributed by atoms with E-state index < -0.39 is 0 Å². The first kappa shape index (κ1) is 12.0. The van der Waals surface area contributed by atoms with Gasteiger partial charge in [0, 0.05) is 17.9 Å². The van der Waals surface area contributed by atoms with Crippen molar-refractivity contribution in [3.63, 3.8) is 0 Å². The van der Waals surface area contributed by atoms with E-state index in [4.69, 9.17) is 11.6 Å². The summed E-state index contributed by atoms with van der Waals surface area (Å²) in [6, 6.07) is 10.8. The highest BCUT2D eigenvalue weighted by Crippen LogP contribution is 2.25. The number of fused-ring (bicyclic) bond motifs is 1. The number of halogens is 1. The van der Waals surface area contributed by atoms with Gasteiger partial charge < -0.3 is 10.6 Å². The van der Waals surface area contributed by atoms with Crippen molar-refractivity contribution in [1.29, 1.82) is 0 Å². The molecule has 1 aromatic carbocycles. The van der Waals surface area contributed by atoms with Crippen molar-refractivity contribution < 1.29 is 4.79 Å². The zero-order valence-corrected chi connectivity index (χ0v) is 10.9. The second-order valence-electron chi connectivity index (χ2n) is 4.35. The van der Waals surface area contributed by atoms with E-state index in [1.807, 2.05) is 18.2 Å². The number of benzene rings is 1. The molecule has 2 N–H and O–H groups in total. The Kier molecular flexibility index (Phi) is 3.09. The van der Waals surface area contributed by atoms with Gasteiger partial charge in [0.2, 0.25) is 0 Å². The molecule has 0 unspecified atom stereocenters. The SMILES string of the molecule is O=C(Nc1ccc2c(c1)CCN2)c1cccc(Cl)n1. The first-order valence-corrected chi connectivity index (χ1v) is 6.41. The molecule has 5 heteroatoms. The Labute approximate surface area is 115 Å². The number of hydrogen-bond donors (Lipinski definition) is 2. The summed E-state index contributed by atoms with van der Waals surface area (Å²) in [6.45, 7) is 0.947. The fourth-order valence-corrected chi connectivity index (χ4v) is 2.28. The number of hydrogen-bond acceptors (Lipinski definition) is 3. The lowest BCUT2D eigenvalue weighted by atomic mass is 10.1. The number of amides is 1. The van der Waals surface area contributed by atoms with Gasteiger partial charge in [0.1, 0.15) is 10.8 Å². The molecule has 0 saturated carbocycles. The minimum atomic E-state index is -0.256. The zero-order chi connectivity index (χ0) is 13.2. The molecule has 0 radical (unpaired) electrons. The van der Waals surface area contributed by atoms with E-state index in [2.05, 4.69) is 15.6 Å². The van der Waals surface area contributed by atoms with E-state index >= 15 is 0 Å². The molecule has 0 fully saturated rings. The van der Waals surface area contributed by atoms with Crippen LogP contribution in [0, 0.1) is 0 Å². The lowest BCUT2D eigenvalue weighted by Crippen LogP contribution is -2.13. The maximum absolute atomic E-state index is 12.0. The minimum Gasteiger partial charge on any atom is -0.384 e. The summed E-state index contributed by atoms with van der Waals surface area (Å²) in [5.74, 6) is -0.256. The molecule has 1 aliphatic rings. The first-order valence-electron chi connectivity index (χ1n) is 6.03. The lowest BCUT2D eigenvalue weighted by Gasteiger charge is -2.07. The van der Waals surface area contributed by atoms with Crippen LogP contribution < -0.4 is 10.6 Å². The average Bonchev–Trinajstić information content (AvgIpc) is 2.86. The van der Waals surface area contributed by atoms with Crippen LogP contribution in [0.1, 0.15) is 16.1 Å². The number of nitrogens with one attached hydrogen (secondary N) is 2. The molecular weight excluding hydrogens is 262 g/mol. The third-order valence-electron chi connectivity index (χ3n) is 3.02. The summed E-state index contributed by atoms with van der Waals surface area (Å²) in [4.78, 5) is 16.0. The van der Waals surface area contributed by atoms with Gasteiger partial charge in [-0.25, -0.2) is 4.98 Å². The smallest absolute Gasteiger partial charge is 0.274 e. The summed E-state index contributed by atoms with van der Waals surface area (Å²) in [7, 11) is 0. The Bertz CT molecular complexity index is 642. The third-order valence-corrected chi connectivity index (χ3v) is 3.23. The van der Waals surface area contributed by atoms with Gasteiger partial charge in [-0.15, -0.1) is 0 Å². The first-order chi connectivity index (χ1) is 9.22. The Balaban J connectivity index is 1.80. The van der Waals surface area contributed by atoms with Gasteiger partial charge in [0.05, 0.1) is 0 Å². The maximum Gasteiger partial charge on any atom is 0.274 e. The van der Waals surface area contributed by atoms with Gasteiger partial charge in [0.15, 0.2) is 0 Å². The summed E-state index contributed by atoms with van der Waals surface area (Å²) in [5.41, 5.74) is 3.44. The van der Waals surface area contributed by atoms with Gasteiger partial charge in [-0.1, -0.05) is 17.7 Å². The Hall–Kier alpha value is -2.07. The topological polar surface area (TPSA) is 54.0 Å². The normalized spacial score (nSPS) is 12.7.